The van der Waals surface area contributed by atoms with E-state index in [1.165, 1.54) is 7.11 Å². The first kappa shape index (κ1) is 25.7. The molecule has 0 aromatic heterocycles. The summed E-state index contributed by atoms with van der Waals surface area (Å²) in [6.07, 6.45) is -5.88. The minimum absolute atomic E-state index is 0.0342. The predicted molar refractivity (Wildman–Crippen MR) is 112 cm³/mol. The van der Waals surface area contributed by atoms with E-state index in [0.717, 1.165) is 11.6 Å². The van der Waals surface area contributed by atoms with Crippen molar-refractivity contribution in [3.05, 3.63) is 47.5 Å². The van der Waals surface area contributed by atoms with Crippen molar-refractivity contribution < 1.29 is 43.9 Å². The van der Waals surface area contributed by atoms with E-state index in [-0.39, 0.29) is 24.3 Å². The largest absolute Gasteiger partial charge is 0.467 e. The molecule has 1 aliphatic rings. The molecule has 2 rings (SSSR count). The van der Waals surface area contributed by atoms with E-state index < -0.39 is 54.8 Å². The van der Waals surface area contributed by atoms with Crippen molar-refractivity contribution in [2.75, 3.05) is 13.7 Å². The number of rotatable bonds is 10. The fourth-order valence-electron chi connectivity index (χ4n) is 3.34. The van der Waals surface area contributed by atoms with Crippen molar-refractivity contribution in [1.82, 2.24) is 0 Å². The normalized spacial score (nSPS) is 22.8. The summed E-state index contributed by atoms with van der Waals surface area (Å²) in [6.45, 7) is 3.00. The Labute approximate surface area is 186 Å². The number of methoxy groups -OCH3 is 1. The molecule has 0 saturated heterocycles. The molecule has 32 heavy (non-hydrogen) atoms. The number of aliphatic hydroxyl groups is 3. The van der Waals surface area contributed by atoms with Gasteiger partial charge in [0.15, 0.2) is 18.3 Å². The van der Waals surface area contributed by atoms with E-state index in [4.69, 9.17) is 14.2 Å². The van der Waals surface area contributed by atoms with Gasteiger partial charge in [-0.1, -0.05) is 44.2 Å². The fourth-order valence-corrected chi connectivity index (χ4v) is 3.34. The van der Waals surface area contributed by atoms with Crippen LogP contribution in [-0.4, -0.2) is 77.3 Å². The number of Topliss-reactive ketones (excluding diaryl/α,β-unsaturated/α-hetero) is 1. The number of esters is 2. The van der Waals surface area contributed by atoms with Crippen molar-refractivity contribution >= 4 is 17.7 Å². The summed E-state index contributed by atoms with van der Waals surface area (Å²) in [5, 5.41) is 29.3. The van der Waals surface area contributed by atoms with Crippen LogP contribution in [0.15, 0.2) is 42.0 Å². The summed E-state index contributed by atoms with van der Waals surface area (Å²) in [6, 6.07) is 9.04. The Balaban J connectivity index is 2.21. The highest BCUT2D eigenvalue weighted by atomic mass is 16.6. The van der Waals surface area contributed by atoms with Gasteiger partial charge in [-0.2, -0.15) is 0 Å². The van der Waals surface area contributed by atoms with E-state index >= 15 is 0 Å². The van der Waals surface area contributed by atoms with Crippen molar-refractivity contribution in [3.63, 3.8) is 0 Å². The summed E-state index contributed by atoms with van der Waals surface area (Å²) in [4.78, 5) is 37.6. The molecule has 0 fully saturated rings. The van der Waals surface area contributed by atoms with Gasteiger partial charge in [0, 0.05) is 12.0 Å². The molecule has 176 valence electrons. The second-order valence-corrected chi connectivity index (χ2v) is 8.01. The molecule has 2 unspecified atom stereocenters. The van der Waals surface area contributed by atoms with Crippen LogP contribution in [0.2, 0.25) is 0 Å². The lowest BCUT2D eigenvalue weighted by atomic mass is 9.91. The molecule has 1 aromatic carbocycles. The first-order valence-corrected chi connectivity index (χ1v) is 10.4. The molecule has 5 atom stereocenters. The van der Waals surface area contributed by atoms with Gasteiger partial charge < -0.3 is 29.5 Å². The Bertz CT molecular complexity index is 818. The lowest BCUT2D eigenvalue weighted by Gasteiger charge is -2.31. The Morgan fingerprint density at radius 1 is 1.06 bits per heavy atom. The maximum atomic E-state index is 12.9. The zero-order valence-electron chi connectivity index (χ0n) is 18.3. The molecular formula is C23H30O9. The molecule has 1 aromatic rings. The van der Waals surface area contributed by atoms with Crippen LogP contribution >= 0.6 is 0 Å². The number of hydrogen-bond donors (Lipinski definition) is 3. The Morgan fingerprint density at radius 2 is 1.72 bits per heavy atom. The molecule has 0 amide bonds. The maximum absolute atomic E-state index is 12.9. The molecule has 0 heterocycles. The van der Waals surface area contributed by atoms with Gasteiger partial charge in [-0.3, -0.25) is 4.79 Å². The third-order valence-electron chi connectivity index (χ3n) is 5.03. The summed E-state index contributed by atoms with van der Waals surface area (Å²) >= 11 is 0. The Kier molecular flexibility index (Phi) is 9.52. The zero-order chi connectivity index (χ0) is 23.8. The third kappa shape index (κ3) is 6.70. The van der Waals surface area contributed by atoms with Gasteiger partial charge in [0.05, 0.1) is 13.7 Å². The first-order valence-electron chi connectivity index (χ1n) is 10.4. The molecule has 9 heteroatoms. The van der Waals surface area contributed by atoms with Crippen molar-refractivity contribution in [1.29, 1.82) is 0 Å². The van der Waals surface area contributed by atoms with Gasteiger partial charge in [-0.05, 0) is 24.0 Å². The summed E-state index contributed by atoms with van der Waals surface area (Å²) in [7, 11) is 1.21. The van der Waals surface area contributed by atoms with Gasteiger partial charge in [0.2, 0.25) is 5.78 Å². The van der Waals surface area contributed by atoms with Gasteiger partial charge >= 0.3 is 11.9 Å². The molecule has 0 spiro atoms. The molecular weight excluding hydrogens is 420 g/mol. The van der Waals surface area contributed by atoms with Crippen LogP contribution in [-0.2, 0) is 35.0 Å². The van der Waals surface area contributed by atoms with Crippen LogP contribution in [0.5, 0.6) is 0 Å². The minimum Gasteiger partial charge on any atom is -0.467 e. The average Bonchev–Trinajstić information content (AvgIpc) is 2.77. The lowest BCUT2D eigenvalue weighted by Crippen LogP contribution is -2.50. The lowest BCUT2D eigenvalue weighted by molar-refractivity contribution is -0.183. The van der Waals surface area contributed by atoms with Gasteiger partial charge in [-0.15, -0.1) is 0 Å². The van der Waals surface area contributed by atoms with Crippen LogP contribution in [0.25, 0.3) is 0 Å². The Hall–Kier alpha value is -2.59. The van der Waals surface area contributed by atoms with Gasteiger partial charge in [0.25, 0.3) is 0 Å². The van der Waals surface area contributed by atoms with E-state index in [1.54, 1.807) is 24.3 Å². The monoisotopic (exact) mass is 450 g/mol. The molecule has 0 bridgehead atoms. The first-order chi connectivity index (χ1) is 15.2. The Morgan fingerprint density at radius 3 is 2.28 bits per heavy atom. The molecule has 0 radical (unpaired) electrons. The van der Waals surface area contributed by atoms with Gasteiger partial charge in [-0.25, -0.2) is 9.59 Å². The van der Waals surface area contributed by atoms with Crippen molar-refractivity contribution in [2.24, 2.45) is 5.92 Å². The topological polar surface area (TPSA) is 140 Å². The summed E-state index contributed by atoms with van der Waals surface area (Å²) in [5.74, 6) is -2.49. The molecule has 0 saturated carbocycles. The highest BCUT2D eigenvalue weighted by Crippen LogP contribution is 2.22. The van der Waals surface area contributed by atoms with Crippen LogP contribution < -0.4 is 0 Å². The number of aliphatic hydroxyl groups excluding tert-OH is 3. The van der Waals surface area contributed by atoms with Crippen molar-refractivity contribution in [2.45, 2.75) is 57.2 Å². The third-order valence-corrected chi connectivity index (χ3v) is 5.03. The van der Waals surface area contributed by atoms with Gasteiger partial charge in [0.1, 0.15) is 12.2 Å². The number of carbonyl (C=O) groups is 3. The molecule has 3 N–H and O–H groups in total. The van der Waals surface area contributed by atoms with Crippen LogP contribution in [0.1, 0.15) is 25.8 Å². The summed E-state index contributed by atoms with van der Waals surface area (Å²) in [5.41, 5.74) is 0.622. The van der Waals surface area contributed by atoms with E-state index in [9.17, 15) is 29.7 Å². The number of carbonyl (C=O) groups excluding carboxylic acids is 3. The second-order valence-electron chi connectivity index (χ2n) is 8.01. The minimum atomic E-state index is -1.70. The predicted octanol–water partition coefficient (Wildman–Crippen LogP) is 0.337. The average molecular weight is 450 g/mol. The molecule has 0 aliphatic heterocycles. The highest BCUT2D eigenvalue weighted by molar-refractivity contribution is 6.01. The number of ether oxygens (including phenoxy) is 3. The number of hydrogen-bond acceptors (Lipinski definition) is 9. The zero-order valence-corrected chi connectivity index (χ0v) is 18.3. The standard InChI is InChI=1S/C23H30O9/c1-13(2)9-17(31-18(22(28)30-3)10-14-7-5-4-6-8-14)23(29)32-21-19(26)15(12-24)11-16(25)20(21)27/h4-8,11,13,16-18,20-21,24-25,27H,9-10,12H2,1-3H3/t16-,17?,18?,20+,21+/m1/s1. The molecule has 9 nitrogen and oxygen atoms in total. The maximum Gasteiger partial charge on any atom is 0.336 e. The van der Waals surface area contributed by atoms with Crippen LogP contribution in [0.4, 0.5) is 0 Å². The molecule has 1 aliphatic carbocycles. The van der Waals surface area contributed by atoms with E-state index in [2.05, 4.69) is 0 Å². The number of ketones is 1. The van der Waals surface area contributed by atoms with E-state index in [0.29, 0.717) is 0 Å². The SMILES string of the molecule is COC(=O)C(Cc1ccccc1)OC(CC(C)C)C(=O)O[C@H]1C(=O)C(CO)=C[C@@H](O)[C@@H]1O. The van der Waals surface area contributed by atoms with E-state index in [1.807, 2.05) is 19.9 Å². The highest BCUT2D eigenvalue weighted by Gasteiger charge is 2.42. The quantitative estimate of drug-likeness (QED) is 0.430. The van der Waals surface area contributed by atoms with Crippen LogP contribution in [0.3, 0.4) is 0 Å². The smallest absolute Gasteiger partial charge is 0.336 e. The second kappa shape index (κ2) is 11.9. The summed E-state index contributed by atoms with van der Waals surface area (Å²) < 4.78 is 15.8. The fraction of sp³-hybridized carbons (Fsp3) is 0.522. The van der Waals surface area contributed by atoms with Crippen molar-refractivity contribution in [3.8, 4) is 0 Å². The number of benzene rings is 1. The van der Waals surface area contributed by atoms with Crippen LogP contribution in [0, 0.1) is 5.92 Å².